The summed E-state index contributed by atoms with van der Waals surface area (Å²) in [4.78, 5) is 21.5. The van der Waals surface area contributed by atoms with Crippen LogP contribution in [0.2, 0.25) is 0 Å². The Morgan fingerprint density at radius 1 is 1.38 bits per heavy atom. The maximum atomic E-state index is 10.9. The second-order valence-corrected chi connectivity index (χ2v) is 3.61. The van der Waals surface area contributed by atoms with Crippen molar-refractivity contribution in [2.45, 2.75) is 25.8 Å². The van der Waals surface area contributed by atoms with E-state index in [0.717, 1.165) is 0 Å². The first-order valence-corrected chi connectivity index (χ1v) is 4.37. The highest BCUT2D eigenvalue weighted by atomic mass is 35.5. The number of carboxylic acids is 1. The number of carboxylic acid groups (broad SMARTS) is 1. The fraction of sp³-hybridized carbons (Fsp3) is 0.750. The van der Waals surface area contributed by atoms with Crippen molar-refractivity contribution in [2.24, 2.45) is 11.8 Å². The van der Waals surface area contributed by atoms with Gasteiger partial charge in [-0.1, -0.05) is 25.4 Å². The minimum Gasteiger partial charge on any atom is -0.481 e. The van der Waals surface area contributed by atoms with Crippen LogP contribution in [0.15, 0.2) is 0 Å². The summed E-state index contributed by atoms with van der Waals surface area (Å²) in [5.74, 6) is -2.62. The Kier molecular flexibility index (Phi) is 4.95. The predicted octanol–water partition coefficient (Wildman–Crippen LogP) is 0.860. The van der Waals surface area contributed by atoms with Crippen LogP contribution >= 0.6 is 11.6 Å². The summed E-state index contributed by atoms with van der Waals surface area (Å²) in [6, 6.07) is 0. The van der Waals surface area contributed by atoms with Crippen LogP contribution in [0.25, 0.3) is 0 Å². The Balaban J connectivity index is 4.27. The Labute approximate surface area is 81.5 Å². The van der Waals surface area contributed by atoms with Crippen LogP contribution in [0.1, 0.15) is 20.3 Å². The van der Waals surface area contributed by atoms with E-state index < -0.39 is 23.2 Å². The Morgan fingerprint density at radius 2 is 1.85 bits per heavy atom. The molecule has 0 fully saturated rings. The molecule has 0 aromatic carbocycles. The largest absolute Gasteiger partial charge is 0.481 e. The number of carbonyl (C=O) groups excluding carboxylic acids is 1. The maximum absolute atomic E-state index is 10.9. The third kappa shape index (κ3) is 4.24. The molecular weight excluding hydrogens is 196 g/mol. The van der Waals surface area contributed by atoms with Crippen molar-refractivity contribution in [3.05, 3.63) is 0 Å². The van der Waals surface area contributed by atoms with E-state index in [1.165, 1.54) is 0 Å². The molecule has 0 radical (unpaired) electrons. The van der Waals surface area contributed by atoms with Crippen molar-refractivity contribution >= 4 is 23.4 Å². The summed E-state index contributed by atoms with van der Waals surface area (Å²) < 4.78 is 0. The van der Waals surface area contributed by atoms with Crippen LogP contribution in [-0.2, 0) is 9.59 Å². The molecule has 5 heteroatoms. The highest BCUT2D eigenvalue weighted by Crippen LogP contribution is 2.17. The lowest BCUT2D eigenvalue weighted by atomic mass is 9.91. The summed E-state index contributed by atoms with van der Waals surface area (Å²) in [6.07, 6.45) is -0.225. The standard InChI is InChI=1S/C8H13ClO4/c1-4(2)5(8(12)13)3-6(10)7(9)11/h4-5,7,11H,3H2,1-2H3,(H,12,13). The van der Waals surface area contributed by atoms with E-state index in [4.69, 9.17) is 21.8 Å². The molecule has 0 amide bonds. The molecule has 0 bridgehead atoms. The molecule has 13 heavy (non-hydrogen) atoms. The van der Waals surface area contributed by atoms with Crippen LogP contribution in [0.3, 0.4) is 0 Å². The molecular formula is C8H13ClO4. The second-order valence-electron chi connectivity index (χ2n) is 3.19. The lowest BCUT2D eigenvalue weighted by molar-refractivity contribution is -0.146. The summed E-state index contributed by atoms with van der Waals surface area (Å²) in [5.41, 5.74) is -1.60. The van der Waals surface area contributed by atoms with Gasteiger partial charge in [0.15, 0.2) is 11.3 Å². The van der Waals surface area contributed by atoms with Crippen LogP contribution in [0, 0.1) is 11.8 Å². The van der Waals surface area contributed by atoms with E-state index in [-0.39, 0.29) is 12.3 Å². The van der Waals surface area contributed by atoms with Crippen LogP contribution in [0.5, 0.6) is 0 Å². The zero-order chi connectivity index (χ0) is 10.6. The molecule has 0 saturated carbocycles. The minimum absolute atomic E-state index is 0.156. The number of aliphatic hydroxyl groups is 1. The van der Waals surface area contributed by atoms with E-state index in [2.05, 4.69) is 0 Å². The number of halogens is 1. The SMILES string of the molecule is CC(C)C(CC(=O)C(O)Cl)C(=O)O. The lowest BCUT2D eigenvalue weighted by Crippen LogP contribution is -2.26. The molecule has 0 aromatic heterocycles. The van der Waals surface area contributed by atoms with Gasteiger partial charge in [0, 0.05) is 6.42 Å². The summed E-state index contributed by atoms with van der Waals surface area (Å²) in [6.45, 7) is 3.40. The Morgan fingerprint density at radius 3 is 2.08 bits per heavy atom. The van der Waals surface area contributed by atoms with Gasteiger partial charge in [0.1, 0.15) is 0 Å². The first-order chi connectivity index (χ1) is 5.86. The maximum Gasteiger partial charge on any atom is 0.307 e. The number of rotatable bonds is 5. The van der Waals surface area contributed by atoms with E-state index in [0.29, 0.717) is 0 Å². The van der Waals surface area contributed by atoms with E-state index in [9.17, 15) is 9.59 Å². The van der Waals surface area contributed by atoms with Crippen LogP contribution in [0.4, 0.5) is 0 Å². The third-order valence-corrected chi connectivity index (χ3v) is 2.05. The average Bonchev–Trinajstić information content (AvgIpc) is 1.97. The summed E-state index contributed by atoms with van der Waals surface area (Å²) in [7, 11) is 0. The summed E-state index contributed by atoms with van der Waals surface area (Å²) >= 11 is 5.09. The average molecular weight is 209 g/mol. The molecule has 2 N–H and O–H groups in total. The number of Topliss-reactive ketones (excluding diaryl/α,β-unsaturated/α-hetero) is 1. The molecule has 0 saturated heterocycles. The first-order valence-electron chi connectivity index (χ1n) is 3.94. The molecule has 4 nitrogen and oxygen atoms in total. The minimum atomic E-state index is -1.60. The van der Waals surface area contributed by atoms with E-state index in [1.54, 1.807) is 13.8 Å². The second kappa shape index (κ2) is 5.19. The topological polar surface area (TPSA) is 74.6 Å². The zero-order valence-electron chi connectivity index (χ0n) is 7.53. The number of aliphatic hydroxyl groups excluding tert-OH is 1. The van der Waals surface area contributed by atoms with Gasteiger partial charge in [0.05, 0.1) is 5.92 Å². The lowest BCUT2D eigenvalue weighted by Gasteiger charge is -2.15. The van der Waals surface area contributed by atoms with Gasteiger partial charge in [-0.25, -0.2) is 0 Å². The molecule has 76 valence electrons. The molecule has 2 atom stereocenters. The fourth-order valence-corrected chi connectivity index (χ4v) is 1.01. The number of hydrogen-bond acceptors (Lipinski definition) is 3. The number of aliphatic carboxylic acids is 1. The predicted molar refractivity (Wildman–Crippen MR) is 47.4 cm³/mol. The number of hydrogen-bond donors (Lipinski definition) is 2. The Bertz CT molecular complexity index is 200. The molecule has 0 aliphatic carbocycles. The molecule has 2 unspecified atom stereocenters. The van der Waals surface area contributed by atoms with E-state index >= 15 is 0 Å². The first kappa shape index (κ1) is 12.4. The molecule has 0 aromatic rings. The van der Waals surface area contributed by atoms with Gasteiger partial charge in [-0.3, -0.25) is 9.59 Å². The number of ketones is 1. The van der Waals surface area contributed by atoms with Crippen LogP contribution in [-0.4, -0.2) is 27.5 Å². The highest BCUT2D eigenvalue weighted by Gasteiger charge is 2.26. The van der Waals surface area contributed by atoms with Gasteiger partial charge in [0.2, 0.25) is 0 Å². The van der Waals surface area contributed by atoms with Gasteiger partial charge < -0.3 is 10.2 Å². The van der Waals surface area contributed by atoms with Crippen molar-refractivity contribution in [1.82, 2.24) is 0 Å². The highest BCUT2D eigenvalue weighted by molar-refractivity contribution is 6.29. The number of carbonyl (C=O) groups is 2. The van der Waals surface area contributed by atoms with Crippen molar-refractivity contribution in [1.29, 1.82) is 0 Å². The molecule has 0 aliphatic rings. The molecule has 0 rings (SSSR count). The zero-order valence-corrected chi connectivity index (χ0v) is 8.28. The van der Waals surface area contributed by atoms with Gasteiger partial charge in [0.25, 0.3) is 0 Å². The molecule has 0 spiro atoms. The van der Waals surface area contributed by atoms with Crippen molar-refractivity contribution in [2.75, 3.05) is 0 Å². The molecule has 0 aliphatic heterocycles. The third-order valence-electron chi connectivity index (χ3n) is 1.81. The fourth-order valence-electron chi connectivity index (χ4n) is 0.922. The number of alkyl halides is 1. The summed E-state index contributed by atoms with van der Waals surface area (Å²) in [5, 5.41) is 17.4. The van der Waals surface area contributed by atoms with Crippen molar-refractivity contribution in [3.8, 4) is 0 Å². The van der Waals surface area contributed by atoms with Gasteiger partial charge in [-0.05, 0) is 5.92 Å². The van der Waals surface area contributed by atoms with Crippen molar-refractivity contribution < 1.29 is 19.8 Å². The molecule has 0 heterocycles. The van der Waals surface area contributed by atoms with Crippen molar-refractivity contribution in [3.63, 3.8) is 0 Å². The van der Waals surface area contributed by atoms with Gasteiger partial charge in [-0.15, -0.1) is 0 Å². The van der Waals surface area contributed by atoms with Crippen LogP contribution < -0.4 is 0 Å². The monoisotopic (exact) mass is 208 g/mol. The van der Waals surface area contributed by atoms with Gasteiger partial charge in [-0.2, -0.15) is 0 Å². The quantitative estimate of drug-likeness (QED) is 0.658. The Hall–Kier alpha value is -0.610. The normalized spacial score (nSPS) is 15.5. The van der Waals surface area contributed by atoms with E-state index in [1.807, 2.05) is 0 Å². The smallest absolute Gasteiger partial charge is 0.307 e. The van der Waals surface area contributed by atoms with Gasteiger partial charge >= 0.3 is 5.97 Å².